The normalized spacial score (nSPS) is 21.5. The first-order valence-corrected chi connectivity index (χ1v) is 30.9. The Balaban J connectivity index is 1.18. The first-order valence-electron chi connectivity index (χ1n) is 22.1. The van der Waals surface area contributed by atoms with Crippen LogP contribution in [-0.2, 0) is 101 Å². The van der Waals surface area contributed by atoms with Gasteiger partial charge in [0.1, 0.15) is 12.3 Å². The zero-order valence-electron chi connectivity index (χ0n) is 39.9. The summed E-state index contributed by atoms with van der Waals surface area (Å²) in [7, 11) is -39.6. The number of ether oxygens (including phenoxy) is 5. The predicted molar refractivity (Wildman–Crippen MR) is 236 cm³/mol. The Bertz CT molecular complexity index is 2540. The molecule has 1 fully saturated rings. The molecule has 2 aliphatic rings. The van der Waals surface area contributed by atoms with Crippen LogP contribution in [0.5, 0.6) is 0 Å². The van der Waals surface area contributed by atoms with Gasteiger partial charge in [-0.25, -0.2) is 26.3 Å². The summed E-state index contributed by atoms with van der Waals surface area (Å²) in [5, 5.41) is 15.4. The molecule has 4 amide bonds. The lowest BCUT2D eigenvalue weighted by molar-refractivity contribution is -0.256. The molecule has 2 aliphatic heterocycles. The van der Waals surface area contributed by atoms with Crippen molar-refractivity contribution in [1.29, 1.82) is 0 Å². The van der Waals surface area contributed by atoms with Crippen molar-refractivity contribution < 1.29 is 135 Å². The van der Waals surface area contributed by atoms with E-state index in [0.29, 0.717) is 12.8 Å². The standard InChI is InChI=1S/C34H59N5O31P6/c1-25-23-39(34(46)37-33(25)45)32-22-26(40)27(65-32)24-64-72(49,50)67-74(53,54)69-76(57,58)70-75(55,56)68-73(51,52)66-71(47,48)63-13-5-3-2-4-10-35-29(42)9-14-59-16-18-61-20-21-62-19-17-60-15-11-36-28(41)8-12-38-30(43)6-7-31(38)44/h6-7,23,26-27,32,40H,2-5,8-22,24H2,1H3,(H,35,42)(H,36,41)(H,47,48)(H,49,50)(H,51,52)(H,53,54)(H,55,56)(H,57,58)(H,37,45,46)/p-6/t26?,27-,32-/m1/s1. The molecular formula is C34H53N5O31P6-6. The molecule has 76 heavy (non-hydrogen) atoms. The molecule has 0 aromatic carbocycles. The first-order chi connectivity index (χ1) is 35.4. The van der Waals surface area contributed by atoms with Gasteiger partial charge in [-0.15, -0.1) is 0 Å². The fourth-order valence-electron chi connectivity index (χ4n) is 5.94. The third-order valence-corrected chi connectivity index (χ3v) is 18.3. The van der Waals surface area contributed by atoms with Crippen LogP contribution in [0.25, 0.3) is 0 Å². The van der Waals surface area contributed by atoms with Crippen molar-refractivity contribution in [3.63, 3.8) is 0 Å². The molecule has 4 N–H and O–H groups in total. The van der Waals surface area contributed by atoms with Gasteiger partial charge in [-0.3, -0.25) is 65.8 Å². The zero-order valence-corrected chi connectivity index (χ0v) is 45.2. The second-order valence-electron chi connectivity index (χ2n) is 15.4. The summed E-state index contributed by atoms with van der Waals surface area (Å²) in [6.07, 6.45) is -0.543. The maximum Gasteiger partial charge on any atom is 0.330 e. The number of hydrogen-bond acceptors (Lipinski definition) is 31. The van der Waals surface area contributed by atoms with Gasteiger partial charge in [0.05, 0.1) is 72.2 Å². The summed E-state index contributed by atoms with van der Waals surface area (Å²) in [6.45, 7) is 1.64. The van der Waals surface area contributed by atoms with Gasteiger partial charge in [0, 0.05) is 62.8 Å². The average molecular weight is 1210 g/mol. The highest BCUT2D eigenvalue weighted by atomic mass is 31.3. The molecule has 0 saturated carbocycles. The average Bonchev–Trinajstić information content (AvgIpc) is 3.81. The van der Waals surface area contributed by atoms with Gasteiger partial charge in [0.15, 0.2) is 0 Å². The summed E-state index contributed by atoms with van der Waals surface area (Å²) < 4.78 is 125. The minimum atomic E-state index is -6.96. The van der Waals surface area contributed by atoms with Crippen LogP contribution in [0, 0.1) is 6.92 Å². The molecule has 9 atom stereocenters. The predicted octanol–water partition coefficient (Wildman–Crippen LogP) is -4.02. The summed E-state index contributed by atoms with van der Waals surface area (Å²) in [5.41, 5.74) is -1.68. The van der Waals surface area contributed by atoms with E-state index in [-0.39, 0.29) is 122 Å². The van der Waals surface area contributed by atoms with E-state index in [2.05, 4.69) is 41.2 Å². The van der Waals surface area contributed by atoms with Gasteiger partial charge in [-0.05, 0) is 19.8 Å². The van der Waals surface area contributed by atoms with E-state index in [0.717, 1.165) is 27.8 Å². The molecule has 1 aromatic rings. The number of H-pyrrole nitrogens is 1. The quantitative estimate of drug-likeness (QED) is 0.0276. The summed E-state index contributed by atoms with van der Waals surface area (Å²) in [4.78, 5) is 145. The van der Waals surface area contributed by atoms with Crippen molar-refractivity contribution >= 4 is 70.6 Å². The third-order valence-electron chi connectivity index (χ3n) is 9.32. The number of phosphoric acid groups is 6. The second-order valence-corrected chi connectivity index (χ2v) is 24.5. The molecule has 0 aliphatic carbocycles. The highest BCUT2D eigenvalue weighted by molar-refractivity contribution is 7.71. The SMILES string of the molecule is Cc1cn([C@H]2CC(O)[C@@H](COP(=O)([O-])OP(=O)([O-])OP(=O)([O-])OP(=O)([O-])OP(=O)([O-])OP(=O)([O-])OCCCCCCNC(=O)CCOCCOCCOCCOCCNC(=O)CCN3C(=O)C=CC3=O)O2)c(=O)[nH]c1=O. The van der Waals surface area contributed by atoms with Crippen LogP contribution < -0.4 is 51.2 Å². The summed E-state index contributed by atoms with van der Waals surface area (Å²) in [5.74, 6) is -1.58. The smallest absolute Gasteiger partial charge is 0.330 e. The fourth-order valence-corrected chi connectivity index (χ4v) is 13.4. The van der Waals surface area contributed by atoms with Crippen LogP contribution in [0.4, 0.5) is 0 Å². The first kappa shape index (κ1) is 67.4. The Kier molecular flexibility index (Phi) is 28.2. The van der Waals surface area contributed by atoms with Crippen LogP contribution in [0.15, 0.2) is 27.9 Å². The lowest BCUT2D eigenvalue weighted by Crippen LogP contribution is -2.35. The van der Waals surface area contributed by atoms with Gasteiger partial charge in [0.2, 0.25) is 11.8 Å². The minimum Gasteiger partial charge on any atom is -0.756 e. The molecule has 436 valence electrons. The third kappa shape index (κ3) is 27.3. The number of carbonyl (C=O) groups is 4. The van der Waals surface area contributed by atoms with Gasteiger partial charge in [-0.2, -0.15) is 0 Å². The van der Waals surface area contributed by atoms with Crippen molar-refractivity contribution in [3.05, 3.63) is 44.8 Å². The van der Waals surface area contributed by atoms with Crippen molar-refractivity contribution in [2.24, 2.45) is 0 Å². The molecular weight excluding hydrogens is 1160 g/mol. The Morgan fingerprint density at radius 3 is 1.64 bits per heavy atom. The Morgan fingerprint density at radius 1 is 0.632 bits per heavy atom. The molecule has 0 radical (unpaired) electrons. The van der Waals surface area contributed by atoms with Gasteiger partial charge in [-0.1, -0.05) is 12.8 Å². The number of rotatable bonds is 40. The van der Waals surface area contributed by atoms with Crippen molar-refractivity contribution in [3.8, 4) is 0 Å². The van der Waals surface area contributed by atoms with Crippen molar-refractivity contribution in [1.82, 2.24) is 25.1 Å². The van der Waals surface area contributed by atoms with Crippen molar-refractivity contribution in [2.75, 3.05) is 85.7 Å². The second kappa shape index (κ2) is 31.8. The number of nitrogens with one attached hydrogen (secondary N) is 3. The number of carbonyl (C=O) groups excluding carboxylic acids is 4. The number of unbranched alkanes of at least 4 members (excludes halogenated alkanes) is 3. The number of nitrogens with zero attached hydrogens (tertiary/aromatic N) is 2. The Hall–Kier alpha value is -2.88. The van der Waals surface area contributed by atoms with Crippen molar-refractivity contribution in [2.45, 2.75) is 70.3 Å². The molecule has 36 nitrogen and oxygen atoms in total. The van der Waals surface area contributed by atoms with E-state index in [1.54, 1.807) is 0 Å². The highest BCUT2D eigenvalue weighted by Crippen LogP contribution is 2.70. The lowest BCUT2D eigenvalue weighted by Gasteiger charge is -2.38. The lowest BCUT2D eigenvalue weighted by atomic mass is 10.2. The van der Waals surface area contributed by atoms with E-state index in [4.69, 9.17) is 23.7 Å². The van der Waals surface area contributed by atoms with Gasteiger partial charge in [0.25, 0.3) is 64.3 Å². The monoisotopic (exact) mass is 1210 g/mol. The number of hydrogen-bond donors (Lipinski definition) is 4. The number of phosphoric ester groups is 2. The van der Waals surface area contributed by atoms with E-state index < -0.39 is 102 Å². The summed E-state index contributed by atoms with van der Waals surface area (Å²) in [6, 6.07) is 0. The van der Waals surface area contributed by atoms with Crippen LogP contribution in [0.2, 0.25) is 0 Å². The largest absolute Gasteiger partial charge is 0.756 e. The van der Waals surface area contributed by atoms with E-state index in [9.17, 15) is 90.6 Å². The molecule has 7 unspecified atom stereocenters. The Morgan fingerprint density at radius 2 is 1.09 bits per heavy atom. The number of aromatic amines is 1. The molecule has 1 saturated heterocycles. The van der Waals surface area contributed by atoms with Crippen LogP contribution in [0.3, 0.4) is 0 Å². The van der Waals surface area contributed by atoms with Gasteiger partial charge >= 0.3 is 5.69 Å². The topological polar surface area (TPSA) is 522 Å². The maximum absolute atomic E-state index is 12.1. The van der Waals surface area contributed by atoms with E-state index >= 15 is 0 Å². The Labute approximate surface area is 430 Å². The number of amides is 4. The van der Waals surface area contributed by atoms with Gasteiger partial charge < -0.3 is 77.8 Å². The maximum atomic E-state index is 12.1. The highest BCUT2D eigenvalue weighted by Gasteiger charge is 2.38. The molecule has 1 aromatic heterocycles. The molecule has 42 heteroatoms. The number of imide groups is 1. The molecule has 3 heterocycles. The number of aryl methyl sites for hydroxylation is 1. The van der Waals surface area contributed by atoms with Crippen LogP contribution in [-0.4, -0.2) is 141 Å². The zero-order chi connectivity index (χ0) is 56.8. The van der Waals surface area contributed by atoms with Crippen LogP contribution in [0.1, 0.15) is 56.7 Å². The number of aliphatic hydroxyl groups excluding tert-OH is 1. The van der Waals surface area contributed by atoms with E-state index in [1.807, 2.05) is 4.98 Å². The fraction of sp³-hybridized carbons (Fsp3) is 0.706. The molecule has 3 rings (SSSR count). The van der Waals surface area contributed by atoms with E-state index in [1.165, 1.54) is 6.92 Å². The van der Waals surface area contributed by atoms with Crippen LogP contribution >= 0.6 is 46.9 Å². The number of aliphatic hydroxyl groups is 1. The molecule has 0 bridgehead atoms. The summed E-state index contributed by atoms with van der Waals surface area (Å²) >= 11 is 0. The minimum absolute atomic E-state index is 0.0121. The molecule has 0 spiro atoms. The number of aromatic nitrogens is 2.